The van der Waals surface area contributed by atoms with Gasteiger partial charge in [-0.15, -0.1) is 0 Å². The number of carbonyl (C=O) groups excluding carboxylic acids is 3. The molecular weight excluding hydrogens is 420 g/mol. The smallest absolute Gasteiger partial charge is 0.321 e. The van der Waals surface area contributed by atoms with Gasteiger partial charge in [-0.1, -0.05) is 30.3 Å². The Hall–Kier alpha value is -3.55. The molecule has 4 amide bonds. The molecule has 176 valence electrons. The van der Waals surface area contributed by atoms with E-state index in [0.717, 1.165) is 11.1 Å². The molecule has 0 radical (unpaired) electrons. The first-order chi connectivity index (χ1) is 15.9. The third-order valence-corrected chi connectivity index (χ3v) is 5.83. The first kappa shape index (κ1) is 24.1. The molecule has 1 heterocycles. The van der Waals surface area contributed by atoms with E-state index in [1.165, 1.54) is 6.92 Å². The van der Waals surface area contributed by atoms with Gasteiger partial charge in [0.15, 0.2) is 0 Å². The van der Waals surface area contributed by atoms with E-state index in [1.54, 1.807) is 18.1 Å². The van der Waals surface area contributed by atoms with E-state index in [4.69, 9.17) is 4.74 Å². The van der Waals surface area contributed by atoms with Gasteiger partial charge in [0, 0.05) is 44.2 Å². The predicted molar refractivity (Wildman–Crippen MR) is 127 cm³/mol. The van der Waals surface area contributed by atoms with Gasteiger partial charge in [-0.2, -0.15) is 0 Å². The summed E-state index contributed by atoms with van der Waals surface area (Å²) in [6, 6.07) is 14.2. The van der Waals surface area contributed by atoms with Crippen LogP contribution in [0, 0.1) is 6.92 Å². The third-order valence-electron chi connectivity index (χ3n) is 5.83. The van der Waals surface area contributed by atoms with Gasteiger partial charge in [-0.3, -0.25) is 9.59 Å². The highest BCUT2D eigenvalue weighted by Crippen LogP contribution is 2.18. The summed E-state index contributed by atoms with van der Waals surface area (Å²) in [7, 11) is 1.58. The first-order valence-corrected chi connectivity index (χ1v) is 11.2. The van der Waals surface area contributed by atoms with Gasteiger partial charge in [0.1, 0.15) is 11.8 Å². The molecule has 0 spiro atoms. The maximum Gasteiger partial charge on any atom is 0.321 e. The van der Waals surface area contributed by atoms with Crippen molar-refractivity contribution < 1.29 is 19.1 Å². The number of ether oxygens (including phenoxy) is 1. The molecule has 0 saturated carbocycles. The molecule has 1 saturated heterocycles. The monoisotopic (exact) mass is 452 g/mol. The second-order valence-corrected chi connectivity index (χ2v) is 8.32. The zero-order valence-corrected chi connectivity index (χ0v) is 19.4. The summed E-state index contributed by atoms with van der Waals surface area (Å²) < 4.78 is 5.19. The Morgan fingerprint density at radius 1 is 1.09 bits per heavy atom. The minimum Gasteiger partial charge on any atom is -0.497 e. The highest BCUT2D eigenvalue weighted by molar-refractivity contribution is 5.90. The molecule has 1 aliphatic heterocycles. The minimum atomic E-state index is -0.641. The molecule has 0 unspecified atom stereocenters. The van der Waals surface area contributed by atoms with Gasteiger partial charge in [-0.05, 0) is 43.0 Å². The molecule has 33 heavy (non-hydrogen) atoms. The second-order valence-electron chi connectivity index (χ2n) is 8.32. The molecule has 2 aromatic carbocycles. The quantitative estimate of drug-likeness (QED) is 0.601. The van der Waals surface area contributed by atoms with Crippen LogP contribution in [0.3, 0.4) is 0 Å². The van der Waals surface area contributed by atoms with Crippen LogP contribution in [0.25, 0.3) is 0 Å². The Bertz CT molecular complexity index is 986. The lowest BCUT2D eigenvalue weighted by molar-refractivity contribution is -0.128. The number of piperidine rings is 1. The fourth-order valence-corrected chi connectivity index (χ4v) is 3.95. The van der Waals surface area contributed by atoms with Crippen LogP contribution < -0.4 is 20.7 Å². The molecular formula is C25H32N4O4. The van der Waals surface area contributed by atoms with Crippen LogP contribution in [0.15, 0.2) is 48.5 Å². The molecule has 0 aromatic heterocycles. The topological polar surface area (TPSA) is 99.8 Å². The number of hydrogen-bond acceptors (Lipinski definition) is 4. The van der Waals surface area contributed by atoms with E-state index < -0.39 is 6.04 Å². The average molecular weight is 453 g/mol. The maximum atomic E-state index is 12.9. The van der Waals surface area contributed by atoms with Crippen LogP contribution in [0.1, 0.15) is 30.9 Å². The number of benzene rings is 2. The van der Waals surface area contributed by atoms with E-state index in [2.05, 4.69) is 16.0 Å². The van der Waals surface area contributed by atoms with E-state index in [-0.39, 0.29) is 23.9 Å². The van der Waals surface area contributed by atoms with Crippen LogP contribution in [0.5, 0.6) is 5.75 Å². The van der Waals surface area contributed by atoms with E-state index in [9.17, 15) is 14.4 Å². The van der Waals surface area contributed by atoms with Crippen molar-refractivity contribution in [1.29, 1.82) is 0 Å². The summed E-state index contributed by atoms with van der Waals surface area (Å²) in [5.74, 6) is 0.231. The highest BCUT2D eigenvalue weighted by Gasteiger charge is 2.27. The molecule has 3 N–H and O–H groups in total. The Labute approximate surface area is 194 Å². The normalized spacial score (nSPS) is 14.8. The number of nitrogens with zero attached hydrogens (tertiary/aromatic N) is 1. The number of rotatable bonds is 7. The summed E-state index contributed by atoms with van der Waals surface area (Å²) in [6.45, 7) is 4.47. The number of hydrogen-bond donors (Lipinski definition) is 3. The van der Waals surface area contributed by atoms with Gasteiger partial charge in [0.25, 0.3) is 0 Å². The van der Waals surface area contributed by atoms with Gasteiger partial charge < -0.3 is 25.6 Å². The van der Waals surface area contributed by atoms with Crippen LogP contribution in [0.2, 0.25) is 0 Å². The lowest BCUT2D eigenvalue weighted by atomic mass is 9.99. The molecule has 8 heteroatoms. The Morgan fingerprint density at radius 2 is 1.82 bits per heavy atom. The van der Waals surface area contributed by atoms with Gasteiger partial charge in [0.05, 0.1) is 7.11 Å². The molecule has 2 aromatic rings. The van der Waals surface area contributed by atoms with Crippen LogP contribution in [-0.4, -0.2) is 55.0 Å². The number of aryl methyl sites for hydroxylation is 1. The zero-order chi connectivity index (χ0) is 23.8. The molecule has 3 rings (SSSR count). The van der Waals surface area contributed by atoms with Crippen molar-refractivity contribution in [3.63, 3.8) is 0 Å². The van der Waals surface area contributed by atoms with Gasteiger partial charge >= 0.3 is 6.03 Å². The van der Waals surface area contributed by atoms with E-state index >= 15 is 0 Å². The van der Waals surface area contributed by atoms with Crippen molar-refractivity contribution in [3.05, 3.63) is 59.7 Å². The SMILES string of the molecule is COc1cccc(NC(=O)N2CCC(NC(=O)[C@@H](Cc3ccccc3C)NC(C)=O)CC2)c1. The Balaban J connectivity index is 1.52. The molecule has 0 aliphatic carbocycles. The fourth-order valence-electron chi connectivity index (χ4n) is 3.95. The Morgan fingerprint density at radius 3 is 2.48 bits per heavy atom. The van der Waals surface area contributed by atoms with E-state index in [0.29, 0.717) is 43.8 Å². The van der Waals surface area contributed by atoms with Crippen molar-refractivity contribution in [2.24, 2.45) is 0 Å². The minimum absolute atomic E-state index is 0.0495. The largest absolute Gasteiger partial charge is 0.497 e. The molecule has 1 aliphatic rings. The zero-order valence-electron chi connectivity index (χ0n) is 19.4. The summed E-state index contributed by atoms with van der Waals surface area (Å²) in [5, 5.41) is 8.72. The average Bonchev–Trinajstić information content (AvgIpc) is 2.80. The Kier molecular flexibility index (Phi) is 8.29. The van der Waals surface area contributed by atoms with Crippen LogP contribution in [0.4, 0.5) is 10.5 Å². The van der Waals surface area contributed by atoms with Crippen molar-refractivity contribution in [2.45, 2.75) is 45.2 Å². The van der Waals surface area contributed by atoms with E-state index in [1.807, 2.05) is 49.4 Å². The standard InChI is InChI=1S/C25H32N4O4/c1-17-7-4-5-8-19(17)15-23(26-18(2)30)24(31)27-20-11-13-29(14-12-20)25(32)28-21-9-6-10-22(16-21)33-3/h4-10,16,20,23H,11-15H2,1-3H3,(H,26,30)(H,27,31)(H,28,32)/t23-/m1/s1. The number of amides is 4. The molecule has 1 fully saturated rings. The first-order valence-electron chi connectivity index (χ1n) is 11.2. The fraction of sp³-hybridized carbons (Fsp3) is 0.400. The third kappa shape index (κ3) is 6.97. The van der Waals surface area contributed by atoms with Crippen molar-refractivity contribution in [3.8, 4) is 5.75 Å². The number of likely N-dealkylation sites (tertiary alicyclic amines) is 1. The van der Waals surface area contributed by atoms with Crippen LogP contribution >= 0.6 is 0 Å². The van der Waals surface area contributed by atoms with Crippen LogP contribution in [-0.2, 0) is 16.0 Å². The summed E-state index contributed by atoms with van der Waals surface area (Å²) in [5.41, 5.74) is 2.77. The molecule has 0 bridgehead atoms. The number of urea groups is 1. The lowest BCUT2D eigenvalue weighted by Gasteiger charge is -2.33. The van der Waals surface area contributed by atoms with Crippen molar-refractivity contribution in [1.82, 2.24) is 15.5 Å². The summed E-state index contributed by atoms with van der Waals surface area (Å²) in [6.07, 6.45) is 1.72. The maximum absolute atomic E-state index is 12.9. The van der Waals surface area contributed by atoms with Crippen molar-refractivity contribution in [2.75, 3.05) is 25.5 Å². The number of methoxy groups -OCH3 is 1. The number of nitrogens with one attached hydrogen (secondary N) is 3. The predicted octanol–water partition coefficient (Wildman–Crippen LogP) is 2.86. The number of carbonyl (C=O) groups is 3. The summed E-state index contributed by atoms with van der Waals surface area (Å²) in [4.78, 5) is 39.0. The van der Waals surface area contributed by atoms with Gasteiger partial charge in [0.2, 0.25) is 11.8 Å². The highest BCUT2D eigenvalue weighted by atomic mass is 16.5. The lowest BCUT2D eigenvalue weighted by Crippen LogP contribution is -2.53. The second kappa shape index (κ2) is 11.4. The molecule has 8 nitrogen and oxygen atoms in total. The summed E-state index contributed by atoms with van der Waals surface area (Å²) >= 11 is 0. The van der Waals surface area contributed by atoms with Gasteiger partial charge in [-0.25, -0.2) is 4.79 Å². The molecule has 1 atom stereocenters. The van der Waals surface area contributed by atoms with Crippen molar-refractivity contribution >= 4 is 23.5 Å². The number of anilines is 1.